The minimum Gasteiger partial charge on any atom is -0.340 e. The van der Waals surface area contributed by atoms with Gasteiger partial charge in [0.1, 0.15) is 5.82 Å². The molecule has 0 bridgehead atoms. The Morgan fingerprint density at radius 1 is 0.800 bits per heavy atom. The fraction of sp³-hybridized carbons (Fsp3) is 0.0588. The second-order valence-corrected chi connectivity index (χ2v) is 4.92. The number of anilines is 4. The standard InChI is InChI=1S/C17H13F3N4.ClH/c18-17(19,20)13-8-4-5-9-14(13)23-15-10-11-21-16(24-15)22-12-6-2-1-3-7-12;/h1-11H,(H2,21,22,23,24);1H. The van der Waals surface area contributed by atoms with Gasteiger partial charge in [0.2, 0.25) is 5.95 Å². The van der Waals surface area contributed by atoms with Gasteiger partial charge in [0.15, 0.2) is 0 Å². The molecular weight excluding hydrogens is 353 g/mol. The summed E-state index contributed by atoms with van der Waals surface area (Å²) in [6, 6.07) is 16.0. The molecule has 4 nitrogen and oxygen atoms in total. The number of nitrogens with zero attached hydrogens (tertiary/aromatic N) is 2. The Kier molecular flexibility index (Phi) is 5.82. The fourth-order valence-corrected chi connectivity index (χ4v) is 2.12. The molecule has 1 heterocycles. The van der Waals surface area contributed by atoms with E-state index in [9.17, 15) is 13.2 Å². The highest BCUT2D eigenvalue weighted by atomic mass is 35.5. The number of nitrogens with one attached hydrogen (secondary N) is 2. The lowest BCUT2D eigenvalue weighted by molar-refractivity contribution is -0.136. The largest absolute Gasteiger partial charge is 0.418 e. The van der Waals surface area contributed by atoms with Crippen molar-refractivity contribution in [1.29, 1.82) is 0 Å². The summed E-state index contributed by atoms with van der Waals surface area (Å²) < 4.78 is 39.1. The van der Waals surface area contributed by atoms with Gasteiger partial charge in [-0.1, -0.05) is 30.3 Å². The third kappa shape index (κ3) is 4.84. The summed E-state index contributed by atoms with van der Waals surface area (Å²) in [5, 5.41) is 5.68. The molecule has 25 heavy (non-hydrogen) atoms. The summed E-state index contributed by atoms with van der Waals surface area (Å²) in [6.07, 6.45) is -2.97. The van der Waals surface area contributed by atoms with Gasteiger partial charge in [-0.05, 0) is 30.3 Å². The van der Waals surface area contributed by atoms with E-state index in [0.717, 1.165) is 11.8 Å². The van der Waals surface area contributed by atoms with Crippen LogP contribution >= 0.6 is 12.4 Å². The van der Waals surface area contributed by atoms with Crippen molar-refractivity contribution >= 4 is 35.5 Å². The first-order valence-corrected chi connectivity index (χ1v) is 7.11. The molecule has 0 aliphatic carbocycles. The zero-order valence-corrected chi connectivity index (χ0v) is 13.6. The Bertz CT molecular complexity index is 825. The first kappa shape index (κ1) is 18.5. The van der Waals surface area contributed by atoms with E-state index < -0.39 is 11.7 Å². The van der Waals surface area contributed by atoms with Crippen molar-refractivity contribution < 1.29 is 13.2 Å². The van der Waals surface area contributed by atoms with Gasteiger partial charge in [-0.15, -0.1) is 12.4 Å². The molecule has 0 unspecified atom stereocenters. The van der Waals surface area contributed by atoms with Gasteiger partial charge in [0.05, 0.1) is 11.3 Å². The number of halogens is 4. The van der Waals surface area contributed by atoms with Crippen LogP contribution in [-0.2, 0) is 6.18 Å². The van der Waals surface area contributed by atoms with Gasteiger partial charge in [-0.2, -0.15) is 18.2 Å². The molecule has 0 aliphatic heterocycles. The van der Waals surface area contributed by atoms with E-state index >= 15 is 0 Å². The summed E-state index contributed by atoms with van der Waals surface area (Å²) in [5.41, 5.74) is -0.0270. The predicted octanol–water partition coefficient (Wildman–Crippen LogP) is 5.40. The summed E-state index contributed by atoms with van der Waals surface area (Å²) in [7, 11) is 0. The van der Waals surface area contributed by atoms with Crippen molar-refractivity contribution in [3.8, 4) is 0 Å². The lowest BCUT2D eigenvalue weighted by Crippen LogP contribution is -2.09. The molecule has 2 N–H and O–H groups in total. The number of benzene rings is 2. The van der Waals surface area contributed by atoms with Crippen LogP contribution in [0.2, 0.25) is 0 Å². The van der Waals surface area contributed by atoms with E-state index in [1.807, 2.05) is 30.3 Å². The summed E-state index contributed by atoms with van der Waals surface area (Å²) in [5.74, 6) is 0.552. The zero-order valence-electron chi connectivity index (χ0n) is 12.8. The van der Waals surface area contributed by atoms with Crippen LogP contribution in [0.15, 0.2) is 66.9 Å². The van der Waals surface area contributed by atoms with Crippen LogP contribution in [0.1, 0.15) is 5.56 Å². The van der Waals surface area contributed by atoms with Crippen molar-refractivity contribution in [3.63, 3.8) is 0 Å². The van der Waals surface area contributed by atoms with Gasteiger partial charge in [-0.25, -0.2) is 4.98 Å². The minimum absolute atomic E-state index is 0. The van der Waals surface area contributed by atoms with Crippen LogP contribution in [0.3, 0.4) is 0 Å². The molecular formula is C17H14ClF3N4. The molecule has 0 amide bonds. The summed E-state index contributed by atoms with van der Waals surface area (Å²) >= 11 is 0. The van der Waals surface area contributed by atoms with E-state index in [1.165, 1.54) is 30.5 Å². The van der Waals surface area contributed by atoms with E-state index in [2.05, 4.69) is 20.6 Å². The van der Waals surface area contributed by atoms with E-state index in [-0.39, 0.29) is 29.9 Å². The molecule has 3 aromatic rings. The average molecular weight is 367 g/mol. The maximum Gasteiger partial charge on any atom is 0.418 e. The third-order valence-electron chi connectivity index (χ3n) is 3.18. The second-order valence-electron chi connectivity index (χ2n) is 4.92. The highest BCUT2D eigenvalue weighted by Crippen LogP contribution is 2.35. The molecule has 1 aromatic heterocycles. The average Bonchev–Trinajstić information content (AvgIpc) is 2.56. The highest BCUT2D eigenvalue weighted by molar-refractivity contribution is 5.85. The molecule has 8 heteroatoms. The Labute approximate surface area is 148 Å². The first-order chi connectivity index (χ1) is 11.5. The van der Waals surface area contributed by atoms with Crippen LogP contribution in [0.25, 0.3) is 0 Å². The maximum atomic E-state index is 13.0. The number of para-hydroxylation sites is 2. The summed E-state index contributed by atoms with van der Waals surface area (Å²) in [6.45, 7) is 0. The third-order valence-corrected chi connectivity index (χ3v) is 3.18. The van der Waals surface area contributed by atoms with Crippen LogP contribution in [-0.4, -0.2) is 9.97 Å². The highest BCUT2D eigenvalue weighted by Gasteiger charge is 2.33. The molecule has 0 spiro atoms. The van der Waals surface area contributed by atoms with Crippen LogP contribution in [0, 0.1) is 0 Å². The van der Waals surface area contributed by atoms with Crippen molar-refractivity contribution in [2.24, 2.45) is 0 Å². The molecule has 0 radical (unpaired) electrons. The summed E-state index contributed by atoms with van der Waals surface area (Å²) in [4.78, 5) is 8.25. The fourth-order valence-electron chi connectivity index (χ4n) is 2.12. The van der Waals surface area contributed by atoms with Crippen LogP contribution < -0.4 is 10.6 Å². The molecule has 2 aromatic carbocycles. The topological polar surface area (TPSA) is 49.8 Å². The SMILES string of the molecule is Cl.FC(F)(F)c1ccccc1Nc1ccnc(Nc2ccccc2)n1. The molecule has 0 atom stereocenters. The number of hydrogen-bond acceptors (Lipinski definition) is 4. The van der Waals surface area contributed by atoms with Crippen molar-refractivity contribution in [1.82, 2.24) is 9.97 Å². The van der Waals surface area contributed by atoms with E-state index in [0.29, 0.717) is 0 Å². The number of rotatable bonds is 4. The van der Waals surface area contributed by atoms with Gasteiger partial charge in [-0.3, -0.25) is 0 Å². The molecule has 3 rings (SSSR count). The van der Waals surface area contributed by atoms with Gasteiger partial charge >= 0.3 is 6.18 Å². The Morgan fingerprint density at radius 3 is 2.20 bits per heavy atom. The van der Waals surface area contributed by atoms with Crippen molar-refractivity contribution in [3.05, 3.63) is 72.4 Å². The number of aromatic nitrogens is 2. The smallest absolute Gasteiger partial charge is 0.340 e. The molecule has 0 saturated heterocycles. The maximum absolute atomic E-state index is 13.0. The first-order valence-electron chi connectivity index (χ1n) is 7.11. The Balaban J connectivity index is 0.00000225. The number of hydrogen-bond donors (Lipinski definition) is 2. The lowest BCUT2D eigenvalue weighted by atomic mass is 10.1. The Hall–Kier alpha value is -2.80. The van der Waals surface area contributed by atoms with Gasteiger partial charge < -0.3 is 10.6 Å². The second kappa shape index (κ2) is 7.85. The normalized spacial score (nSPS) is 10.7. The molecule has 130 valence electrons. The zero-order chi connectivity index (χ0) is 17.0. The van der Waals surface area contributed by atoms with Gasteiger partial charge in [0.25, 0.3) is 0 Å². The van der Waals surface area contributed by atoms with Crippen LogP contribution in [0.5, 0.6) is 0 Å². The lowest BCUT2D eigenvalue weighted by Gasteiger charge is -2.14. The van der Waals surface area contributed by atoms with Crippen LogP contribution in [0.4, 0.5) is 36.3 Å². The minimum atomic E-state index is -4.44. The molecule has 0 fully saturated rings. The quantitative estimate of drug-likeness (QED) is 0.648. The molecule has 0 saturated carbocycles. The van der Waals surface area contributed by atoms with E-state index in [4.69, 9.17) is 0 Å². The Morgan fingerprint density at radius 2 is 1.48 bits per heavy atom. The van der Waals surface area contributed by atoms with Gasteiger partial charge in [0, 0.05) is 11.9 Å². The van der Waals surface area contributed by atoms with Crippen molar-refractivity contribution in [2.75, 3.05) is 10.6 Å². The van der Waals surface area contributed by atoms with Crippen molar-refractivity contribution in [2.45, 2.75) is 6.18 Å². The predicted molar refractivity (Wildman–Crippen MR) is 93.7 cm³/mol. The monoisotopic (exact) mass is 366 g/mol. The van der Waals surface area contributed by atoms with E-state index in [1.54, 1.807) is 0 Å². The number of alkyl halides is 3. The molecule has 0 aliphatic rings.